The smallest absolute Gasteiger partial charge is 0.0233 e. The Hall–Kier alpha value is -0.260. The van der Waals surface area contributed by atoms with E-state index in [2.05, 4.69) is 12.2 Å². The van der Waals surface area contributed by atoms with Gasteiger partial charge < -0.3 is 0 Å². The Morgan fingerprint density at radius 3 is 1.45 bits per heavy atom. The summed E-state index contributed by atoms with van der Waals surface area (Å²) < 4.78 is 0. The maximum Gasteiger partial charge on any atom is -0.0233 e. The molecule has 3 rings (SSSR count). The van der Waals surface area contributed by atoms with Gasteiger partial charge in [0.05, 0.1) is 0 Å². The Balaban J connectivity index is 1.40. The summed E-state index contributed by atoms with van der Waals surface area (Å²) in [6, 6.07) is 0. The fourth-order valence-corrected chi connectivity index (χ4v) is 5.06. The van der Waals surface area contributed by atoms with E-state index in [9.17, 15) is 0 Å². The average molecular weight is 274 g/mol. The second-order valence-corrected chi connectivity index (χ2v) is 7.86. The van der Waals surface area contributed by atoms with Gasteiger partial charge in [-0.25, -0.2) is 0 Å². The maximum atomic E-state index is 2.62. The van der Waals surface area contributed by atoms with Crippen molar-refractivity contribution in [3.05, 3.63) is 12.2 Å². The first-order valence-electron chi connectivity index (χ1n) is 9.60. The van der Waals surface area contributed by atoms with Crippen molar-refractivity contribution < 1.29 is 0 Å². The molecule has 0 amide bonds. The standard InChI is InChI=1S/C20H34/c1-3-7-17(8-4-1)11-12-18-13-15-20(16-14-18)19-9-5-2-6-10-19/h11-12,17-20H,1-10,13-16H2. The van der Waals surface area contributed by atoms with Crippen LogP contribution in [0.5, 0.6) is 0 Å². The van der Waals surface area contributed by atoms with Crippen LogP contribution in [0.3, 0.4) is 0 Å². The molecule has 0 aromatic carbocycles. The summed E-state index contributed by atoms with van der Waals surface area (Å²) in [4.78, 5) is 0. The minimum absolute atomic E-state index is 0.928. The lowest BCUT2D eigenvalue weighted by atomic mass is 9.71. The topological polar surface area (TPSA) is 0 Å². The molecule has 0 spiro atoms. The molecule has 0 aliphatic heterocycles. The quantitative estimate of drug-likeness (QED) is 0.515. The van der Waals surface area contributed by atoms with Crippen LogP contribution in [-0.2, 0) is 0 Å². The summed E-state index contributed by atoms with van der Waals surface area (Å²) >= 11 is 0. The van der Waals surface area contributed by atoms with Gasteiger partial charge in [-0.1, -0.05) is 63.5 Å². The van der Waals surface area contributed by atoms with Crippen LogP contribution in [0.25, 0.3) is 0 Å². The van der Waals surface area contributed by atoms with E-state index in [1.165, 1.54) is 77.0 Å². The van der Waals surface area contributed by atoms with Crippen molar-refractivity contribution in [2.24, 2.45) is 23.7 Å². The molecule has 3 fully saturated rings. The zero-order valence-corrected chi connectivity index (χ0v) is 13.4. The van der Waals surface area contributed by atoms with Crippen LogP contribution < -0.4 is 0 Å². The normalized spacial score (nSPS) is 34.6. The van der Waals surface area contributed by atoms with Gasteiger partial charge in [0, 0.05) is 0 Å². The van der Waals surface area contributed by atoms with Crippen LogP contribution in [-0.4, -0.2) is 0 Å². The first kappa shape index (κ1) is 14.7. The summed E-state index contributed by atoms with van der Waals surface area (Å²) in [6.45, 7) is 0. The molecule has 0 bridgehead atoms. The molecule has 0 heterocycles. The first-order valence-corrected chi connectivity index (χ1v) is 9.60. The van der Waals surface area contributed by atoms with Gasteiger partial charge in [0.1, 0.15) is 0 Å². The van der Waals surface area contributed by atoms with E-state index in [1.807, 2.05) is 0 Å². The largest absolute Gasteiger partial charge is 0.0851 e. The van der Waals surface area contributed by atoms with Crippen molar-refractivity contribution in [2.75, 3.05) is 0 Å². The van der Waals surface area contributed by atoms with E-state index in [0.29, 0.717) is 0 Å². The van der Waals surface area contributed by atoms with E-state index in [0.717, 1.165) is 23.7 Å². The molecule has 0 aromatic rings. The molecule has 0 heteroatoms. The lowest BCUT2D eigenvalue weighted by Crippen LogP contribution is -2.23. The Morgan fingerprint density at radius 2 is 0.850 bits per heavy atom. The Kier molecular flexibility index (Phi) is 5.62. The minimum atomic E-state index is 0.928. The van der Waals surface area contributed by atoms with Crippen LogP contribution in [0.15, 0.2) is 12.2 Å². The lowest BCUT2D eigenvalue weighted by molar-refractivity contribution is 0.180. The predicted molar refractivity (Wildman–Crippen MR) is 87.7 cm³/mol. The third-order valence-electron chi connectivity index (χ3n) is 6.44. The van der Waals surface area contributed by atoms with E-state index in [4.69, 9.17) is 0 Å². The Labute approximate surface area is 126 Å². The molecule has 0 atom stereocenters. The highest BCUT2D eigenvalue weighted by Crippen LogP contribution is 2.40. The van der Waals surface area contributed by atoms with E-state index in [1.54, 1.807) is 12.8 Å². The molecular formula is C20H34. The summed E-state index contributed by atoms with van der Waals surface area (Å²) in [6.07, 6.45) is 26.3. The van der Waals surface area contributed by atoms with Gasteiger partial charge in [-0.3, -0.25) is 0 Å². The maximum absolute atomic E-state index is 2.62. The molecule has 3 aliphatic carbocycles. The van der Waals surface area contributed by atoms with Crippen molar-refractivity contribution in [2.45, 2.75) is 89.9 Å². The zero-order valence-electron chi connectivity index (χ0n) is 13.4. The van der Waals surface area contributed by atoms with Crippen molar-refractivity contribution in [3.63, 3.8) is 0 Å². The van der Waals surface area contributed by atoms with E-state index >= 15 is 0 Å². The van der Waals surface area contributed by atoms with Crippen molar-refractivity contribution in [1.82, 2.24) is 0 Å². The Bertz CT molecular complexity index is 283. The van der Waals surface area contributed by atoms with Crippen molar-refractivity contribution in [1.29, 1.82) is 0 Å². The van der Waals surface area contributed by atoms with Gasteiger partial charge in [0.15, 0.2) is 0 Å². The summed E-state index contributed by atoms with van der Waals surface area (Å²) in [7, 11) is 0. The number of allylic oxidation sites excluding steroid dienone is 2. The average Bonchev–Trinajstić information content (AvgIpc) is 2.55. The van der Waals surface area contributed by atoms with Gasteiger partial charge in [0.25, 0.3) is 0 Å². The molecule has 114 valence electrons. The highest BCUT2D eigenvalue weighted by Gasteiger charge is 2.27. The van der Waals surface area contributed by atoms with Crippen LogP contribution in [0.4, 0.5) is 0 Å². The molecule has 20 heavy (non-hydrogen) atoms. The Morgan fingerprint density at radius 1 is 0.400 bits per heavy atom. The monoisotopic (exact) mass is 274 g/mol. The van der Waals surface area contributed by atoms with Gasteiger partial charge >= 0.3 is 0 Å². The molecule has 0 N–H and O–H groups in total. The lowest BCUT2D eigenvalue weighted by Gasteiger charge is -2.35. The molecule has 0 saturated heterocycles. The third-order valence-corrected chi connectivity index (χ3v) is 6.44. The van der Waals surface area contributed by atoms with Crippen LogP contribution >= 0.6 is 0 Å². The molecule has 3 saturated carbocycles. The van der Waals surface area contributed by atoms with Crippen LogP contribution in [0.2, 0.25) is 0 Å². The number of rotatable bonds is 3. The van der Waals surface area contributed by atoms with Crippen molar-refractivity contribution in [3.8, 4) is 0 Å². The van der Waals surface area contributed by atoms with Gasteiger partial charge in [-0.2, -0.15) is 0 Å². The van der Waals surface area contributed by atoms with Crippen LogP contribution in [0, 0.1) is 23.7 Å². The highest BCUT2D eigenvalue weighted by atomic mass is 14.3. The fraction of sp³-hybridized carbons (Fsp3) is 0.900. The van der Waals surface area contributed by atoms with Crippen molar-refractivity contribution >= 4 is 0 Å². The number of hydrogen-bond donors (Lipinski definition) is 0. The van der Waals surface area contributed by atoms with E-state index in [-0.39, 0.29) is 0 Å². The molecule has 0 unspecified atom stereocenters. The summed E-state index contributed by atoms with van der Waals surface area (Å²) in [5.74, 6) is 4.05. The summed E-state index contributed by atoms with van der Waals surface area (Å²) in [5.41, 5.74) is 0. The van der Waals surface area contributed by atoms with Gasteiger partial charge in [-0.15, -0.1) is 0 Å². The molecule has 3 aliphatic rings. The molecule has 0 nitrogen and oxygen atoms in total. The highest BCUT2D eigenvalue weighted by molar-refractivity contribution is 4.96. The minimum Gasteiger partial charge on any atom is -0.0851 e. The SMILES string of the molecule is C(=CC1CCC(C2CCCCC2)CC1)C1CCCCC1. The second-order valence-electron chi connectivity index (χ2n) is 7.86. The fourth-order valence-electron chi connectivity index (χ4n) is 5.06. The number of hydrogen-bond acceptors (Lipinski definition) is 0. The van der Waals surface area contributed by atoms with E-state index < -0.39 is 0 Å². The van der Waals surface area contributed by atoms with Gasteiger partial charge in [0.2, 0.25) is 0 Å². The zero-order chi connectivity index (χ0) is 13.6. The molecular weight excluding hydrogens is 240 g/mol. The molecule has 0 aromatic heterocycles. The summed E-state index contributed by atoms with van der Waals surface area (Å²) in [5, 5.41) is 0. The molecule has 0 radical (unpaired) electrons. The predicted octanol–water partition coefficient (Wildman–Crippen LogP) is 6.51. The third kappa shape index (κ3) is 4.12. The first-order chi connectivity index (χ1) is 9.92. The van der Waals surface area contributed by atoms with Crippen LogP contribution in [0.1, 0.15) is 89.9 Å². The van der Waals surface area contributed by atoms with Gasteiger partial charge in [-0.05, 0) is 62.2 Å². The second kappa shape index (κ2) is 7.66.